The summed E-state index contributed by atoms with van der Waals surface area (Å²) in [6.07, 6.45) is 4.68. The molecule has 1 aromatic carbocycles. The van der Waals surface area contributed by atoms with Crippen molar-refractivity contribution in [1.29, 1.82) is 0 Å². The largest absolute Gasteiger partial charge is 0.316 e. The first-order valence-corrected chi connectivity index (χ1v) is 7.09. The molecule has 0 saturated carbocycles. The number of hydrogen-bond donors (Lipinski definition) is 1. The molecule has 1 aromatic rings. The molecule has 1 N–H and O–H groups in total. The van der Waals surface area contributed by atoms with E-state index in [2.05, 4.69) is 25.2 Å². The van der Waals surface area contributed by atoms with Gasteiger partial charge in [0, 0.05) is 0 Å². The molecule has 0 aromatic heterocycles. The Morgan fingerprint density at radius 2 is 2.28 bits per heavy atom. The summed E-state index contributed by atoms with van der Waals surface area (Å²) < 4.78 is 13.3. The van der Waals surface area contributed by atoms with Crippen LogP contribution in [0.3, 0.4) is 0 Å². The minimum atomic E-state index is -0.114. The van der Waals surface area contributed by atoms with Crippen molar-refractivity contribution in [3.8, 4) is 0 Å². The second kappa shape index (κ2) is 5.83. The lowest BCUT2D eigenvalue weighted by Gasteiger charge is -2.42. The Hall–Kier alpha value is -0.890. The van der Waals surface area contributed by atoms with Crippen molar-refractivity contribution in [2.75, 3.05) is 13.1 Å². The fraction of sp³-hybridized carbons (Fsp3) is 0.625. The van der Waals surface area contributed by atoms with E-state index in [1.807, 2.05) is 6.07 Å². The molecular formula is C16H24FN. The molecule has 0 radical (unpaired) electrons. The van der Waals surface area contributed by atoms with E-state index in [9.17, 15) is 4.39 Å². The number of benzene rings is 1. The van der Waals surface area contributed by atoms with E-state index in [1.165, 1.54) is 25.3 Å². The summed E-state index contributed by atoms with van der Waals surface area (Å²) in [5.41, 5.74) is 1.45. The SMILES string of the molecule is CCCC1CNCCC1(C)Cc1cccc(F)c1. The quantitative estimate of drug-likeness (QED) is 0.856. The Labute approximate surface area is 110 Å². The van der Waals surface area contributed by atoms with Crippen LogP contribution in [0.4, 0.5) is 4.39 Å². The summed E-state index contributed by atoms with van der Waals surface area (Å²) in [6, 6.07) is 7.09. The highest BCUT2D eigenvalue weighted by molar-refractivity contribution is 5.18. The average Bonchev–Trinajstić information content (AvgIpc) is 2.32. The van der Waals surface area contributed by atoms with Crippen molar-refractivity contribution in [3.05, 3.63) is 35.6 Å². The minimum Gasteiger partial charge on any atom is -0.316 e. The topological polar surface area (TPSA) is 12.0 Å². The summed E-state index contributed by atoms with van der Waals surface area (Å²) in [5, 5.41) is 3.50. The van der Waals surface area contributed by atoms with Crippen LogP contribution in [0.25, 0.3) is 0 Å². The van der Waals surface area contributed by atoms with Gasteiger partial charge in [-0.1, -0.05) is 32.4 Å². The van der Waals surface area contributed by atoms with Crippen molar-refractivity contribution in [1.82, 2.24) is 5.32 Å². The Bertz CT molecular complexity index is 388. The van der Waals surface area contributed by atoms with Gasteiger partial charge in [0.05, 0.1) is 0 Å². The van der Waals surface area contributed by atoms with E-state index >= 15 is 0 Å². The van der Waals surface area contributed by atoms with Crippen LogP contribution in [0.2, 0.25) is 0 Å². The summed E-state index contributed by atoms with van der Waals surface area (Å²) >= 11 is 0. The maximum absolute atomic E-state index is 13.3. The van der Waals surface area contributed by atoms with Gasteiger partial charge in [0.1, 0.15) is 5.82 Å². The molecule has 0 amide bonds. The van der Waals surface area contributed by atoms with Crippen LogP contribution >= 0.6 is 0 Å². The molecule has 1 heterocycles. The number of nitrogens with one attached hydrogen (secondary N) is 1. The Kier molecular flexibility index (Phi) is 4.39. The second-order valence-electron chi connectivity index (χ2n) is 5.90. The summed E-state index contributed by atoms with van der Waals surface area (Å²) in [7, 11) is 0. The predicted octanol–water partition coefficient (Wildman–Crippen LogP) is 3.78. The molecular weight excluding hydrogens is 225 g/mol. The minimum absolute atomic E-state index is 0.114. The van der Waals surface area contributed by atoms with E-state index in [0.29, 0.717) is 11.3 Å². The summed E-state index contributed by atoms with van der Waals surface area (Å²) in [4.78, 5) is 0. The summed E-state index contributed by atoms with van der Waals surface area (Å²) in [6.45, 7) is 6.82. The molecule has 100 valence electrons. The molecule has 1 fully saturated rings. The van der Waals surface area contributed by atoms with Crippen molar-refractivity contribution in [2.24, 2.45) is 11.3 Å². The zero-order valence-electron chi connectivity index (χ0n) is 11.5. The Balaban J connectivity index is 2.12. The third-order valence-corrected chi connectivity index (χ3v) is 4.38. The lowest BCUT2D eigenvalue weighted by atomic mass is 9.67. The van der Waals surface area contributed by atoms with Crippen LogP contribution in [0, 0.1) is 17.2 Å². The molecule has 1 aliphatic rings. The van der Waals surface area contributed by atoms with Gasteiger partial charge in [-0.2, -0.15) is 0 Å². The lowest BCUT2D eigenvalue weighted by Crippen LogP contribution is -2.44. The molecule has 2 unspecified atom stereocenters. The Morgan fingerprint density at radius 1 is 1.44 bits per heavy atom. The highest BCUT2D eigenvalue weighted by Crippen LogP contribution is 2.39. The monoisotopic (exact) mass is 249 g/mol. The van der Waals surface area contributed by atoms with Crippen LogP contribution in [0.5, 0.6) is 0 Å². The highest BCUT2D eigenvalue weighted by Gasteiger charge is 2.35. The van der Waals surface area contributed by atoms with Crippen molar-refractivity contribution < 1.29 is 4.39 Å². The molecule has 2 heteroatoms. The van der Waals surface area contributed by atoms with Gasteiger partial charge in [-0.15, -0.1) is 0 Å². The second-order valence-corrected chi connectivity index (χ2v) is 5.90. The van der Waals surface area contributed by atoms with E-state index in [0.717, 1.165) is 25.1 Å². The van der Waals surface area contributed by atoms with Gasteiger partial charge < -0.3 is 5.32 Å². The molecule has 2 rings (SSSR count). The first kappa shape index (κ1) is 13.5. The van der Waals surface area contributed by atoms with Crippen molar-refractivity contribution in [3.63, 3.8) is 0 Å². The van der Waals surface area contributed by atoms with Crippen molar-refractivity contribution >= 4 is 0 Å². The van der Waals surface area contributed by atoms with Crippen LogP contribution < -0.4 is 5.32 Å². The lowest BCUT2D eigenvalue weighted by molar-refractivity contribution is 0.120. The number of rotatable bonds is 4. The third-order valence-electron chi connectivity index (χ3n) is 4.38. The molecule has 2 atom stereocenters. The highest BCUT2D eigenvalue weighted by atomic mass is 19.1. The molecule has 1 aliphatic heterocycles. The molecule has 1 saturated heterocycles. The molecule has 1 nitrogen and oxygen atoms in total. The number of hydrogen-bond acceptors (Lipinski definition) is 1. The standard InChI is InChI=1S/C16H24FN/c1-3-5-14-12-18-9-8-16(14,2)11-13-6-4-7-15(17)10-13/h4,6-7,10,14,18H,3,5,8-9,11-12H2,1-2H3. The van der Waals surface area contributed by atoms with Gasteiger partial charge in [0.15, 0.2) is 0 Å². The zero-order valence-corrected chi connectivity index (χ0v) is 11.5. The van der Waals surface area contributed by atoms with E-state index in [1.54, 1.807) is 6.07 Å². The van der Waals surface area contributed by atoms with Gasteiger partial charge >= 0.3 is 0 Å². The summed E-state index contributed by atoms with van der Waals surface area (Å²) in [5.74, 6) is 0.594. The van der Waals surface area contributed by atoms with E-state index < -0.39 is 0 Å². The van der Waals surface area contributed by atoms with Gasteiger partial charge in [0.2, 0.25) is 0 Å². The van der Waals surface area contributed by atoms with Crippen molar-refractivity contribution in [2.45, 2.75) is 39.5 Å². The predicted molar refractivity (Wildman–Crippen MR) is 74.1 cm³/mol. The van der Waals surface area contributed by atoms with Crippen LogP contribution in [0.1, 0.15) is 38.7 Å². The molecule has 0 bridgehead atoms. The normalized spacial score (nSPS) is 28.3. The van der Waals surface area contributed by atoms with Gasteiger partial charge in [-0.25, -0.2) is 4.39 Å². The van der Waals surface area contributed by atoms with Gasteiger partial charge in [0.25, 0.3) is 0 Å². The third kappa shape index (κ3) is 3.11. The fourth-order valence-electron chi connectivity index (χ4n) is 3.25. The number of halogens is 1. The molecule has 18 heavy (non-hydrogen) atoms. The van der Waals surface area contributed by atoms with Crippen LogP contribution in [-0.2, 0) is 6.42 Å². The average molecular weight is 249 g/mol. The van der Waals surface area contributed by atoms with Crippen LogP contribution in [-0.4, -0.2) is 13.1 Å². The smallest absolute Gasteiger partial charge is 0.123 e. The molecule has 0 aliphatic carbocycles. The molecule has 0 spiro atoms. The first-order valence-electron chi connectivity index (χ1n) is 7.09. The Morgan fingerprint density at radius 3 is 3.00 bits per heavy atom. The van der Waals surface area contributed by atoms with Crippen LogP contribution in [0.15, 0.2) is 24.3 Å². The fourth-order valence-corrected chi connectivity index (χ4v) is 3.25. The zero-order chi connectivity index (χ0) is 13.0. The maximum Gasteiger partial charge on any atom is 0.123 e. The van der Waals surface area contributed by atoms with E-state index in [-0.39, 0.29) is 5.82 Å². The maximum atomic E-state index is 13.3. The number of piperidine rings is 1. The van der Waals surface area contributed by atoms with Gasteiger partial charge in [-0.05, 0) is 61.4 Å². The first-order chi connectivity index (χ1) is 8.64. The van der Waals surface area contributed by atoms with E-state index in [4.69, 9.17) is 0 Å². The van der Waals surface area contributed by atoms with Gasteiger partial charge in [-0.3, -0.25) is 0 Å².